The summed E-state index contributed by atoms with van der Waals surface area (Å²) in [5.74, 6) is -0.249. The maximum atomic E-state index is 13.1. The SMILES string of the molecule is CCN(C(=O)[C@H]1CC(=O)N(c2ccccc2C)C1)c1ccccc1C. The summed E-state index contributed by atoms with van der Waals surface area (Å²) in [6.07, 6.45) is 0.273. The summed E-state index contributed by atoms with van der Waals surface area (Å²) in [4.78, 5) is 29.1. The van der Waals surface area contributed by atoms with E-state index >= 15 is 0 Å². The van der Waals surface area contributed by atoms with Gasteiger partial charge in [0.1, 0.15) is 0 Å². The highest BCUT2D eigenvalue weighted by atomic mass is 16.2. The van der Waals surface area contributed by atoms with Gasteiger partial charge in [0.2, 0.25) is 11.8 Å². The number of para-hydroxylation sites is 2. The van der Waals surface area contributed by atoms with E-state index in [0.717, 1.165) is 22.5 Å². The molecular weight excluding hydrogens is 312 g/mol. The van der Waals surface area contributed by atoms with E-state index in [9.17, 15) is 9.59 Å². The van der Waals surface area contributed by atoms with Crippen LogP contribution in [0.4, 0.5) is 11.4 Å². The number of hydrogen-bond donors (Lipinski definition) is 0. The Morgan fingerprint density at radius 2 is 1.72 bits per heavy atom. The Morgan fingerprint density at radius 3 is 2.36 bits per heavy atom. The van der Waals surface area contributed by atoms with Crippen LogP contribution in [0.25, 0.3) is 0 Å². The zero-order valence-corrected chi connectivity index (χ0v) is 15.0. The summed E-state index contributed by atoms with van der Waals surface area (Å²) >= 11 is 0. The molecule has 2 aromatic carbocycles. The maximum absolute atomic E-state index is 13.1. The molecule has 0 N–H and O–H groups in total. The molecule has 0 radical (unpaired) electrons. The Morgan fingerprint density at radius 1 is 1.08 bits per heavy atom. The topological polar surface area (TPSA) is 40.6 Å². The maximum Gasteiger partial charge on any atom is 0.232 e. The zero-order chi connectivity index (χ0) is 18.0. The minimum Gasteiger partial charge on any atom is -0.312 e. The number of anilines is 2. The lowest BCUT2D eigenvalue weighted by Crippen LogP contribution is -2.38. The summed E-state index contributed by atoms with van der Waals surface area (Å²) in [5.41, 5.74) is 3.95. The molecule has 3 rings (SSSR count). The summed E-state index contributed by atoms with van der Waals surface area (Å²) in [5, 5.41) is 0. The number of nitrogens with zero attached hydrogens (tertiary/aromatic N) is 2. The molecule has 0 saturated carbocycles. The Balaban J connectivity index is 1.83. The number of rotatable bonds is 4. The van der Waals surface area contributed by atoms with E-state index in [0.29, 0.717) is 13.1 Å². The fraction of sp³-hybridized carbons (Fsp3) is 0.333. The lowest BCUT2D eigenvalue weighted by Gasteiger charge is -2.26. The van der Waals surface area contributed by atoms with Crippen LogP contribution < -0.4 is 9.80 Å². The van der Waals surface area contributed by atoms with E-state index in [1.54, 1.807) is 9.80 Å². The van der Waals surface area contributed by atoms with Crippen molar-refractivity contribution in [3.05, 3.63) is 59.7 Å². The number of aryl methyl sites for hydroxylation is 2. The first kappa shape index (κ1) is 17.2. The number of amides is 2. The van der Waals surface area contributed by atoms with E-state index in [4.69, 9.17) is 0 Å². The molecule has 1 saturated heterocycles. The van der Waals surface area contributed by atoms with Crippen LogP contribution in [0, 0.1) is 19.8 Å². The second-order valence-electron chi connectivity index (χ2n) is 6.56. The minimum atomic E-state index is -0.299. The molecule has 130 valence electrons. The van der Waals surface area contributed by atoms with Gasteiger partial charge in [0, 0.05) is 30.9 Å². The molecule has 1 heterocycles. The highest BCUT2D eigenvalue weighted by Crippen LogP contribution is 2.30. The van der Waals surface area contributed by atoms with Crippen LogP contribution in [0.15, 0.2) is 48.5 Å². The smallest absolute Gasteiger partial charge is 0.232 e. The van der Waals surface area contributed by atoms with E-state index in [-0.39, 0.29) is 24.2 Å². The van der Waals surface area contributed by atoms with Crippen molar-refractivity contribution in [3.8, 4) is 0 Å². The lowest BCUT2D eigenvalue weighted by molar-refractivity contribution is -0.124. The van der Waals surface area contributed by atoms with Gasteiger partial charge in [0.15, 0.2) is 0 Å². The van der Waals surface area contributed by atoms with Crippen LogP contribution in [0.1, 0.15) is 24.5 Å². The van der Waals surface area contributed by atoms with Gasteiger partial charge in [-0.2, -0.15) is 0 Å². The Hall–Kier alpha value is -2.62. The monoisotopic (exact) mass is 336 g/mol. The van der Waals surface area contributed by atoms with Crippen LogP contribution in [-0.4, -0.2) is 24.9 Å². The average Bonchev–Trinajstić information content (AvgIpc) is 2.99. The van der Waals surface area contributed by atoms with E-state index in [1.807, 2.05) is 69.3 Å². The van der Waals surface area contributed by atoms with Gasteiger partial charge in [-0.25, -0.2) is 0 Å². The number of benzene rings is 2. The van der Waals surface area contributed by atoms with Crippen LogP contribution in [0.2, 0.25) is 0 Å². The molecule has 1 aliphatic rings. The Labute approximate surface area is 149 Å². The fourth-order valence-corrected chi connectivity index (χ4v) is 3.50. The molecule has 0 aromatic heterocycles. The van der Waals surface area contributed by atoms with Crippen molar-refractivity contribution in [1.29, 1.82) is 0 Å². The molecular formula is C21H24N2O2. The average molecular weight is 336 g/mol. The van der Waals surface area contributed by atoms with Crippen molar-refractivity contribution < 1.29 is 9.59 Å². The van der Waals surface area contributed by atoms with E-state index in [1.165, 1.54) is 0 Å². The largest absolute Gasteiger partial charge is 0.312 e. The molecule has 0 spiro atoms. The van der Waals surface area contributed by atoms with Gasteiger partial charge in [-0.15, -0.1) is 0 Å². The third kappa shape index (κ3) is 3.29. The first-order valence-corrected chi connectivity index (χ1v) is 8.76. The number of carbonyl (C=O) groups is 2. The number of carbonyl (C=O) groups excluding carboxylic acids is 2. The van der Waals surface area contributed by atoms with Gasteiger partial charge >= 0.3 is 0 Å². The molecule has 25 heavy (non-hydrogen) atoms. The normalized spacial score (nSPS) is 17.0. The van der Waals surface area contributed by atoms with Crippen LogP contribution in [0.3, 0.4) is 0 Å². The minimum absolute atomic E-state index is 0.0217. The molecule has 4 nitrogen and oxygen atoms in total. The van der Waals surface area contributed by atoms with Gasteiger partial charge in [-0.1, -0.05) is 36.4 Å². The van der Waals surface area contributed by atoms with Crippen LogP contribution in [-0.2, 0) is 9.59 Å². The van der Waals surface area contributed by atoms with Crippen molar-refractivity contribution in [2.45, 2.75) is 27.2 Å². The highest BCUT2D eigenvalue weighted by Gasteiger charge is 2.37. The van der Waals surface area contributed by atoms with Crippen LogP contribution in [0.5, 0.6) is 0 Å². The fourth-order valence-electron chi connectivity index (χ4n) is 3.50. The summed E-state index contributed by atoms with van der Waals surface area (Å²) < 4.78 is 0. The van der Waals surface area contributed by atoms with Gasteiger partial charge in [-0.05, 0) is 44.0 Å². The third-order valence-corrected chi connectivity index (χ3v) is 4.87. The molecule has 4 heteroatoms. The molecule has 1 aliphatic heterocycles. The van der Waals surface area contributed by atoms with E-state index in [2.05, 4.69) is 0 Å². The summed E-state index contributed by atoms with van der Waals surface area (Å²) in [6.45, 7) is 7.01. The van der Waals surface area contributed by atoms with Crippen molar-refractivity contribution >= 4 is 23.2 Å². The molecule has 2 aromatic rings. The summed E-state index contributed by atoms with van der Waals surface area (Å²) in [7, 11) is 0. The molecule has 0 unspecified atom stereocenters. The Bertz CT molecular complexity index is 800. The van der Waals surface area contributed by atoms with Gasteiger partial charge in [-0.3, -0.25) is 9.59 Å². The summed E-state index contributed by atoms with van der Waals surface area (Å²) in [6, 6.07) is 15.7. The van der Waals surface area contributed by atoms with Crippen molar-refractivity contribution in [1.82, 2.24) is 0 Å². The molecule has 1 atom stereocenters. The molecule has 2 amide bonds. The van der Waals surface area contributed by atoms with Crippen LogP contribution >= 0.6 is 0 Å². The zero-order valence-electron chi connectivity index (χ0n) is 15.0. The van der Waals surface area contributed by atoms with Gasteiger partial charge < -0.3 is 9.80 Å². The second kappa shape index (κ2) is 7.09. The highest BCUT2D eigenvalue weighted by molar-refractivity contribution is 6.04. The third-order valence-electron chi connectivity index (χ3n) is 4.87. The molecule has 0 bridgehead atoms. The van der Waals surface area contributed by atoms with Crippen molar-refractivity contribution in [2.24, 2.45) is 5.92 Å². The van der Waals surface area contributed by atoms with Crippen molar-refractivity contribution in [2.75, 3.05) is 22.9 Å². The first-order chi connectivity index (χ1) is 12.0. The Kier molecular flexibility index (Phi) is 4.88. The predicted octanol–water partition coefficient (Wildman–Crippen LogP) is 3.71. The van der Waals surface area contributed by atoms with Crippen molar-refractivity contribution in [3.63, 3.8) is 0 Å². The standard InChI is InChI=1S/C21H24N2O2/c1-4-22(18-11-7-5-9-15(18)2)21(25)17-13-20(24)23(14-17)19-12-8-6-10-16(19)3/h5-12,17H,4,13-14H2,1-3H3/t17-/m0/s1. The molecule has 0 aliphatic carbocycles. The molecule has 1 fully saturated rings. The predicted molar refractivity (Wildman–Crippen MR) is 101 cm³/mol. The van der Waals surface area contributed by atoms with Gasteiger partial charge in [0.25, 0.3) is 0 Å². The van der Waals surface area contributed by atoms with Gasteiger partial charge in [0.05, 0.1) is 5.92 Å². The first-order valence-electron chi connectivity index (χ1n) is 8.76. The second-order valence-corrected chi connectivity index (χ2v) is 6.56. The quantitative estimate of drug-likeness (QED) is 0.854. The van der Waals surface area contributed by atoms with E-state index < -0.39 is 0 Å². The number of hydrogen-bond acceptors (Lipinski definition) is 2. The lowest BCUT2D eigenvalue weighted by atomic mass is 10.1.